The Bertz CT molecular complexity index is 1220. The van der Waals surface area contributed by atoms with Crippen molar-refractivity contribution in [3.05, 3.63) is 65.9 Å². The molecule has 0 atom stereocenters. The first-order chi connectivity index (χ1) is 16.1. The van der Waals surface area contributed by atoms with E-state index in [-0.39, 0.29) is 12.3 Å². The first kappa shape index (κ1) is 26.7. The van der Waals surface area contributed by atoms with Crippen molar-refractivity contribution in [2.75, 3.05) is 19.0 Å². The highest BCUT2D eigenvalue weighted by Crippen LogP contribution is 2.41. The molecule has 1 heterocycles. The van der Waals surface area contributed by atoms with Gasteiger partial charge in [0.05, 0.1) is 18.2 Å². The Morgan fingerprint density at radius 1 is 1.12 bits per heavy atom. The molecular weight excluding hydrogens is 606 g/mol. The number of hydrogen-bond donors (Lipinski definition) is 1. The Morgan fingerprint density at radius 2 is 1.79 bits per heavy atom. The van der Waals surface area contributed by atoms with E-state index < -0.39 is 5.97 Å². The van der Waals surface area contributed by atoms with Crippen molar-refractivity contribution >= 4 is 71.7 Å². The summed E-state index contributed by atoms with van der Waals surface area (Å²) in [4.78, 5) is 26.2. The second-order valence-corrected chi connectivity index (χ2v) is 11.0. The van der Waals surface area contributed by atoms with Gasteiger partial charge in [-0.15, -0.1) is 11.3 Å². The summed E-state index contributed by atoms with van der Waals surface area (Å²) >= 11 is 14.6. The maximum absolute atomic E-state index is 12.7. The number of hydrogen-bond acceptors (Lipinski definition) is 5. The molecule has 0 fully saturated rings. The van der Waals surface area contributed by atoms with Gasteiger partial charge in [0.15, 0.2) is 0 Å². The van der Waals surface area contributed by atoms with Crippen LogP contribution in [0.5, 0.6) is 5.75 Å². The van der Waals surface area contributed by atoms with Crippen molar-refractivity contribution < 1.29 is 19.1 Å². The lowest BCUT2D eigenvalue weighted by Crippen LogP contribution is -2.15. The molecule has 0 saturated heterocycles. The third kappa shape index (κ3) is 6.03. The lowest BCUT2D eigenvalue weighted by molar-refractivity contribution is -0.116. The van der Waals surface area contributed by atoms with E-state index in [4.69, 9.17) is 21.1 Å². The van der Waals surface area contributed by atoms with Crippen LogP contribution in [0.4, 0.5) is 5.00 Å². The van der Waals surface area contributed by atoms with E-state index in [0.29, 0.717) is 34.4 Å². The number of amides is 1. The van der Waals surface area contributed by atoms with Crippen LogP contribution in [0.25, 0.3) is 11.1 Å². The van der Waals surface area contributed by atoms with Crippen molar-refractivity contribution in [3.63, 3.8) is 0 Å². The van der Waals surface area contributed by atoms with Crippen molar-refractivity contribution in [2.24, 2.45) is 0 Å². The second-order valence-electron chi connectivity index (χ2n) is 7.68. The normalized spacial score (nSPS) is 10.8. The topological polar surface area (TPSA) is 64.6 Å². The number of esters is 1. The number of aryl methyl sites for hydroxylation is 2. The number of halogens is 3. The molecule has 0 unspecified atom stereocenters. The number of nitrogens with one attached hydrogen (secondary N) is 1. The lowest BCUT2D eigenvalue weighted by atomic mass is 10.0. The Labute approximate surface area is 225 Å². The molecule has 180 valence electrons. The molecule has 0 aliphatic carbocycles. The van der Waals surface area contributed by atoms with Crippen LogP contribution in [0.1, 0.15) is 39.2 Å². The van der Waals surface area contributed by atoms with Gasteiger partial charge < -0.3 is 14.8 Å². The third-order valence-electron chi connectivity index (χ3n) is 5.23. The first-order valence-corrected chi connectivity index (χ1v) is 13.3. The summed E-state index contributed by atoms with van der Waals surface area (Å²) in [6.45, 7) is 6.13. The molecule has 3 rings (SSSR count). The number of carbonyl (C=O) groups is 2. The van der Waals surface area contributed by atoms with Gasteiger partial charge in [-0.2, -0.15) is 0 Å². The molecule has 9 heteroatoms. The fourth-order valence-corrected chi connectivity index (χ4v) is 5.54. The Hall–Kier alpha value is -1.87. The Morgan fingerprint density at radius 3 is 2.44 bits per heavy atom. The van der Waals surface area contributed by atoms with E-state index in [2.05, 4.69) is 37.2 Å². The van der Waals surface area contributed by atoms with Crippen LogP contribution < -0.4 is 10.1 Å². The summed E-state index contributed by atoms with van der Waals surface area (Å²) < 4.78 is 12.6. The molecule has 1 amide bonds. The summed E-state index contributed by atoms with van der Waals surface area (Å²) in [7, 11) is 1.34. The van der Waals surface area contributed by atoms with Gasteiger partial charge in [-0.1, -0.05) is 39.7 Å². The minimum atomic E-state index is -0.487. The third-order valence-corrected chi connectivity index (χ3v) is 8.35. The van der Waals surface area contributed by atoms with E-state index in [0.717, 1.165) is 36.1 Å². The largest absolute Gasteiger partial charge is 0.492 e. The van der Waals surface area contributed by atoms with Crippen LogP contribution in [-0.4, -0.2) is 25.6 Å². The number of carbonyl (C=O) groups excluding carboxylic acids is 2. The van der Waals surface area contributed by atoms with Crippen LogP contribution in [0.3, 0.4) is 0 Å². The van der Waals surface area contributed by atoms with Crippen molar-refractivity contribution in [2.45, 2.75) is 33.6 Å². The van der Waals surface area contributed by atoms with Crippen LogP contribution >= 0.6 is 54.8 Å². The molecule has 3 aromatic rings. The summed E-state index contributed by atoms with van der Waals surface area (Å²) in [5, 5.41) is 4.08. The highest BCUT2D eigenvalue weighted by molar-refractivity contribution is 9.10. The molecule has 0 radical (unpaired) electrons. The predicted molar refractivity (Wildman–Crippen MR) is 146 cm³/mol. The number of benzene rings is 2. The standard InChI is InChI=1S/C25H24Br2ClNO4S/c1-13-12-18(22(27)14(2)23(13)28)33-11-5-6-19(30)29-24-21(25(31)32-4)20(15(3)34-24)16-7-9-17(26)10-8-16/h7-10,12H,5-6,11H2,1-4H3,(H,29,30). The van der Waals surface area contributed by atoms with E-state index in [1.807, 2.05) is 51.1 Å². The molecule has 0 saturated carbocycles. The van der Waals surface area contributed by atoms with E-state index >= 15 is 0 Å². The van der Waals surface area contributed by atoms with Crippen molar-refractivity contribution in [1.29, 1.82) is 0 Å². The molecule has 34 heavy (non-hydrogen) atoms. The number of ether oxygens (including phenoxy) is 2. The van der Waals surface area contributed by atoms with Gasteiger partial charge in [0.2, 0.25) is 5.91 Å². The van der Waals surface area contributed by atoms with E-state index in [1.165, 1.54) is 18.4 Å². The summed E-state index contributed by atoms with van der Waals surface area (Å²) in [6, 6.07) is 9.54. The summed E-state index contributed by atoms with van der Waals surface area (Å²) in [6.07, 6.45) is 0.755. The average molecular weight is 630 g/mol. The molecule has 5 nitrogen and oxygen atoms in total. The molecule has 0 aliphatic heterocycles. The molecule has 1 N–H and O–H groups in total. The van der Waals surface area contributed by atoms with Crippen LogP contribution in [0, 0.1) is 20.8 Å². The zero-order valence-electron chi connectivity index (χ0n) is 19.2. The predicted octanol–water partition coefficient (Wildman–Crippen LogP) is 8.10. The lowest BCUT2D eigenvalue weighted by Gasteiger charge is -2.13. The second kappa shape index (κ2) is 11.7. The maximum Gasteiger partial charge on any atom is 0.341 e. The van der Waals surface area contributed by atoms with Crippen molar-refractivity contribution in [3.8, 4) is 16.9 Å². The Kier molecular flexibility index (Phi) is 9.20. The van der Waals surface area contributed by atoms with Gasteiger partial charge in [0.25, 0.3) is 0 Å². The molecule has 0 aliphatic rings. The molecule has 2 aromatic carbocycles. The van der Waals surface area contributed by atoms with Gasteiger partial charge in [0, 0.05) is 26.4 Å². The molecular formula is C25H24Br2ClNO4S. The van der Waals surface area contributed by atoms with Crippen molar-refractivity contribution in [1.82, 2.24) is 0 Å². The molecule has 1 aromatic heterocycles. The van der Waals surface area contributed by atoms with Gasteiger partial charge in [-0.25, -0.2) is 4.79 Å². The van der Waals surface area contributed by atoms with E-state index in [9.17, 15) is 9.59 Å². The van der Waals surface area contributed by atoms with Gasteiger partial charge in [-0.3, -0.25) is 4.79 Å². The highest BCUT2D eigenvalue weighted by Gasteiger charge is 2.25. The average Bonchev–Trinajstić information content (AvgIpc) is 3.13. The monoisotopic (exact) mass is 627 g/mol. The number of thiophene rings is 1. The molecule has 0 spiro atoms. The summed E-state index contributed by atoms with van der Waals surface area (Å²) in [5.74, 6) is 0.0138. The number of rotatable bonds is 8. The zero-order chi connectivity index (χ0) is 25.0. The van der Waals surface area contributed by atoms with Gasteiger partial charge >= 0.3 is 5.97 Å². The fraction of sp³-hybridized carbons (Fsp3) is 0.280. The smallest absolute Gasteiger partial charge is 0.341 e. The quantitative estimate of drug-likeness (QED) is 0.202. The number of methoxy groups -OCH3 is 1. The fourth-order valence-electron chi connectivity index (χ4n) is 3.50. The maximum atomic E-state index is 12.7. The van der Waals surface area contributed by atoms with Gasteiger partial charge in [-0.05, 0) is 78.0 Å². The highest BCUT2D eigenvalue weighted by atomic mass is 79.9. The van der Waals surface area contributed by atoms with Crippen LogP contribution in [0.2, 0.25) is 5.02 Å². The minimum absolute atomic E-state index is 0.195. The Balaban J connectivity index is 1.69. The molecule has 0 bridgehead atoms. The zero-order valence-corrected chi connectivity index (χ0v) is 23.9. The minimum Gasteiger partial charge on any atom is -0.492 e. The van der Waals surface area contributed by atoms with Crippen LogP contribution in [0.15, 0.2) is 39.3 Å². The van der Waals surface area contributed by atoms with E-state index in [1.54, 1.807) is 0 Å². The summed E-state index contributed by atoms with van der Waals surface area (Å²) in [5.41, 5.74) is 3.86. The number of anilines is 1. The first-order valence-electron chi connectivity index (χ1n) is 10.5. The van der Waals surface area contributed by atoms with Crippen LogP contribution in [-0.2, 0) is 9.53 Å². The SMILES string of the molecule is COC(=O)c1c(NC(=O)CCCOc2cc(C)c(Cl)c(C)c2Br)sc(C)c1-c1ccc(Br)cc1. The van der Waals surface area contributed by atoms with Gasteiger partial charge in [0.1, 0.15) is 16.3 Å².